The van der Waals surface area contributed by atoms with Crippen LogP contribution in [0.3, 0.4) is 0 Å². The maximum atomic E-state index is 13.2. The first-order valence-corrected chi connectivity index (χ1v) is 5.26. The van der Waals surface area contributed by atoms with E-state index in [2.05, 4.69) is 5.32 Å². The second-order valence-electron chi connectivity index (χ2n) is 3.73. The van der Waals surface area contributed by atoms with Gasteiger partial charge in [0.25, 0.3) is 0 Å². The topological polar surface area (TPSA) is 29.1 Å². The number of rotatable bonds is 3. The van der Waals surface area contributed by atoms with Crippen LogP contribution in [0.4, 0.5) is 4.39 Å². The van der Waals surface area contributed by atoms with Crippen LogP contribution >= 0.6 is 11.6 Å². The quantitative estimate of drug-likeness (QED) is 0.845. The van der Waals surface area contributed by atoms with Crippen molar-refractivity contribution in [3.63, 3.8) is 0 Å². The summed E-state index contributed by atoms with van der Waals surface area (Å²) in [6.45, 7) is 0.210. The second kappa shape index (κ2) is 4.19. The molecule has 2 rings (SSSR count). The van der Waals surface area contributed by atoms with Crippen molar-refractivity contribution >= 4 is 17.5 Å². The van der Waals surface area contributed by atoms with Crippen LogP contribution in [-0.4, -0.2) is 5.91 Å². The monoisotopic (exact) mass is 227 g/mol. The van der Waals surface area contributed by atoms with Gasteiger partial charge in [-0.1, -0.05) is 11.6 Å². The van der Waals surface area contributed by atoms with E-state index in [-0.39, 0.29) is 24.2 Å². The fourth-order valence-corrected chi connectivity index (χ4v) is 1.55. The first-order valence-electron chi connectivity index (χ1n) is 4.88. The summed E-state index contributed by atoms with van der Waals surface area (Å²) in [7, 11) is 0. The molecule has 1 saturated carbocycles. The standard InChI is InChI=1S/C11H11ClFNO/c12-9-3-4-10(13)8(5-9)6-14-11(15)7-1-2-7/h3-5,7H,1-2,6H2,(H,14,15). The molecule has 0 heterocycles. The van der Waals surface area contributed by atoms with Gasteiger partial charge in [-0.05, 0) is 31.0 Å². The Labute approximate surface area is 92.4 Å². The number of hydrogen-bond donors (Lipinski definition) is 1. The maximum Gasteiger partial charge on any atom is 0.223 e. The Bertz CT molecular complexity index is 390. The van der Waals surface area contributed by atoms with Crippen LogP contribution in [-0.2, 0) is 11.3 Å². The highest BCUT2D eigenvalue weighted by Crippen LogP contribution is 2.28. The summed E-state index contributed by atoms with van der Waals surface area (Å²) in [5.41, 5.74) is 0.427. The Hall–Kier alpha value is -1.09. The maximum absolute atomic E-state index is 13.2. The van der Waals surface area contributed by atoms with Gasteiger partial charge in [-0.15, -0.1) is 0 Å². The highest BCUT2D eigenvalue weighted by molar-refractivity contribution is 6.30. The SMILES string of the molecule is O=C(NCc1cc(Cl)ccc1F)C1CC1. The lowest BCUT2D eigenvalue weighted by atomic mass is 10.2. The molecule has 0 saturated heterocycles. The molecule has 1 aromatic rings. The summed E-state index contributed by atoms with van der Waals surface area (Å²) in [5, 5.41) is 3.17. The molecule has 0 aliphatic heterocycles. The van der Waals surface area contributed by atoms with Crippen LogP contribution in [0.15, 0.2) is 18.2 Å². The fourth-order valence-electron chi connectivity index (χ4n) is 1.35. The van der Waals surface area contributed by atoms with Gasteiger partial charge in [0.1, 0.15) is 5.82 Å². The molecule has 0 spiro atoms. The Morgan fingerprint density at radius 2 is 2.27 bits per heavy atom. The van der Waals surface area contributed by atoms with Crippen LogP contribution < -0.4 is 5.32 Å². The normalized spacial score (nSPS) is 15.1. The summed E-state index contributed by atoms with van der Waals surface area (Å²) in [5.74, 6) is -0.183. The first-order chi connectivity index (χ1) is 7.16. The van der Waals surface area contributed by atoms with Gasteiger partial charge in [-0.3, -0.25) is 4.79 Å². The van der Waals surface area contributed by atoms with Crippen LogP contribution in [0.25, 0.3) is 0 Å². The van der Waals surface area contributed by atoms with Gasteiger partial charge < -0.3 is 5.32 Å². The highest BCUT2D eigenvalue weighted by atomic mass is 35.5. The number of carbonyl (C=O) groups excluding carboxylic acids is 1. The van der Waals surface area contributed by atoms with Crippen molar-refractivity contribution in [3.8, 4) is 0 Å². The van der Waals surface area contributed by atoms with E-state index in [9.17, 15) is 9.18 Å². The van der Waals surface area contributed by atoms with E-state index < -0.39 is 0 Å². The summed E-state index contributed by atoms with van der Waals surface area (Å²) in [6, 6.07) is 4.33. The largest absolute Gasteiger partial charge is 0.352 e. The van der Waals surface area contributed by atoms with E-state index >= 15 is 0 Å². The Morgan fingerprint density at radius 1 is 1.53 bits per heavy atom. The predicted molar refractivity (Wildman–Crippen MR) is 56.0 cm³/mol. The molecule has 0 atom stereocenters. The third-order valence-electron chi connectivity index (χ3n) is 2.41. The fraction of sp³-hybridized carbons (Fsp3) is 0.364. The molecular formula is C11H11ClFNO. The Morgan fingerprint density at radius 3 is 2.93 bits per heavy atom. The zero-order valence-electron chi connectivity index (χ0n) is 8.09. The third-order valence-corrected chi connectivity index (χ3v) is 2.64. The van der Waals surface area contributed by atoms with Crippen molar-refractivity contribution in [2.45, 2.75) is 19.4 Å². The minimum absolute atomic E-state index is 0.00868. The smallest absolute Gasteiger partial charge is 0.223 e. The molecular weight excluding hydrogens is 217 g/mol. The lowest BCUT2D eigenvalue weighted by Crippen LogP contribution is -2.24. The predicted octanol–water partition coefficient (Wildman–Crippen LogP) is 2.51. The van der Waals surface area contributed by atoms with Gasteiger partial charge in [0.15, 0.2) is 0 Å². The van der Waals surface area contributed by atoms with Crippen LogP contribution in [0.5, 0.6) is 0 Å². The molecule has 1 aromatic carbocycles. The minimum atomic E-state index is -0.338. The average Bonchev–Trinajstić information content (AvgIpc) is 3.02. The van der Waals surface area contributed by atoms with Crippen molar-refractivity contribution in [1.82, 2.24) is 5.32 Å². The molecule has 0 bridgehead atoms. The van der Waals surface area contributed by atoms with Gasteiger partial charge in [0, 0.05) is 23.0 Å². The van der Waals surface area contributed by atoms with Crippen molar-refractivity contribution in [1.29, 1.82) is 0 Å². The molecule has 1 N–H and O–H groups in total. The summed E-state index contributed by atoms with van der Waals surface area (Å²) >= 11 is 5.73. The van der Waals surface area contributed by atoms with Crippen molar-refractivity contribution < 1.29 is 9.18 Å². The van der Waals surface area contributed by atoms with Gasteiger partial charge in [0.05, 0.1) is 0 Å². The Balaban J connectivity index is 1.97. The van der Waals surface area contributed by atoms with Crippen molar-refractivity contribution in [2.75, 3.05) is 0 Å². The minimum Gasteiger partial charge on any atom is -0.352 e. The number of hydrogen-bond acceptors (Lipinski definition) is 1. The summed E-state index contributed by atoms with van der Waals surface area (Å²) in [4.78, 5) is 11.3. The molecule has 2 nitrogen and oxygen atoms in total. The van der Waals surface area contributed by atoms with Crippen LogP contribution in [0.1, 0.15) is 18.4 Å². The van der Waals surface area contributed by atoms with Crippen molar-refractivity contribution in [2.24, 2.45) is 5.92 Å². The van der Waals surface area contributed by atoms with E-state index in [0.29, 0.717) is 10.6 Å². The zero-order chi connectivity index (χ0) is 10.8. The van der Waals surface area contributed by atoms with E-state index in [1.807, 2.05) is 0 Å². The average molecular weight is 228 g/mol. The number of benzene rings is 1. The van der Waals surface area contributed by atoms with Gasteiger partial charge in [-0.2, -0.15) is 0 Å². The molecule has 0 radical (unpaired) electrons. The molecule has 0 unspecified atom stereocenters. The summed E-state index contributed by atoms with van der Waals surface area (Å²) in [6.07, 6.45) is 1.90. The van der Waals surface area contributed by atoms with Gasteiger partial charge in [0.2, 0.25) is 5.91 Å². The van der Waals surface area contributed by atoms with Gasteiger partial charge in [-0.25, -0.2) is 4.39 Å². The lowest BCUT2D eigenvalue weighted by molar-refractivity contribution is -0.122. The van der Waals surface area contributed by atoms with Gasteiger partial charge >= 0.3 is 0 Å². The number of amides is 1. The molecule has 1 fully saturated rings. The van der Waals surface area contributed by atoms with E-state index in [1.165, 1.54) is 18.2 Å². The molecule has 1 amide bonds. The number of nitrogens with one attached hydrogen (secondary N) is 1. The van der Waals surface area contributed by atoms with Crippen LogP contribution in [0.2, 0.25) is 5.02 Å². The van der Waals surface area contributed by atoms with E-state index in [0.717, 1.165) is 12.8 Å². The number of carbonyl (C=O) groups is 1. The number of halogens is 2. The molecule has 1 aliphatic rings. The van der Waals surface area contributed by atoms with Crippen LogP contribution in [0, 0.1) is 11.7 Å². The molecule has 15 heavy (non-hydrogen) atoms. The van der Waals surface area contributed by atoms with E-state index in [1.54, 1.807) is 0 Å². The van der Waals surface area contributed by atoms with Crippen molar-refractivity contribution in [3.05, 3.63) is 34.6 Å². The highest BCUT2D eigenvalue weighted by Gasteiger charge is 2.29. The summed E-state index contributed by atoms with van der Waals surface area (Å²) < 4.78 is 13.2. The molecule has 0 aromatic heterocycles. The first kappa shape index (κ1) is 10.4. The molecule has 1 aliphatic carbocycles. The van der Waals surface area contributed by atoms with E-state index in [4.69, 9.17) is 11.6 Å². The third kappa shape index (κ3) is 2.69. The zero-order valence-corrected chi connectivity index (χ0v) is 8.85. The molecule has 4 heteroatoms. The second-order valence-corrected chi connectivity index (χ2v) is 4.16. The lowest BCUT2D eigenvalue weighted by Gasteiger charge is -2.05. The Kier molecular flexibility index (Phi) is 2.91. The molecule has 80 valence electrons.